The van der Waals surface area contributed by atoms with Gasteiger partial charge < -0.3 is 19.9 Å². The average Bonchev–Trinajstić information content (AvgIpc) is 3.61. The molecule has 2 aromatic rings. The second-order valence-corrected chi connectivity index (χ2v) is 7.89. The average molecular weight is 430 g/mol. The number of halogens is 1. The summed E-state index contributed by atoms with van der Waals surface area (Å²) in [7, 11) is 0. The Balaban J connectivity index is 1.30. The third kappa shape index (κ3) is 5.38. The summed E-state index contributed by atoms with van der Waals surface area (Å²) in [6.45, 7) is 3.05. The van der Waals surface area contributed by atoms with E-state index < -0.39 is 0 Å². The number of aromatic nitrogens is 2. The Kier molecular flexibility index (Phi) is 6.32. The molecule has 4 rings (SSSR count). The molecule has 8 nitrogen and oxygen atoms in total. The van der Waals surface area contributed by atoms with Crippen LogP contribution in [0.2, 0.25) is 5.28 Å². The van der Waals surface area contributed by atoms with Gasteiger partial charge in [-0.25, -0.2) is 14.8 Å². The zero-order valence-corrected chi connectivity index (χ0v) is 17.3. The lowest BCUT2D eigenvalue weighted by Crippen LogP contribution is -2.49. The Morgan fingerprint density at radius 3 is 2.53 bits per heavy atom. The van der Waals surface area contributed by atoms with Crippen LogP contribution < -0.4 is 10.2 Å². The van der Waals surface area contributed by atoms with Gasteiger partial charge in [-0.1, -0.05) is 30.3 Å². The van der Waals surface area contributed by atoms with Crippen LogP contribution >= 0.6 is 11.6 Å². The van der Waals surface area contributed by atoms with E-state index in [1.54, 1.807) is 11.0 Å². The largest absolute Gasteiger partial charge is 0.445 e. The summed E-state index contributed by atoms with van der Waals surface area (Å²) in [6.07, 6.45) is 1.99. The molecule has 0 bridgehead atoms. The Labute approximate surface area is 180 Å². The molecule has 0 spiro atoms. The van der Waals surface area contributed by atoms with E-state index in [4.69, 9.17) is 16.3 Å². The van der Waals surface area contributed by atoms with Gasteiger partial charge in [0.25, 0.3) is 5.91 Å². The van der Waals surface area contributed by atoms with Crippen LogP contribution in [0.4, 0.5) is 10.6 Å². The van der Waals surface area contributed by atoms with Gasteiger partial charge in [0.05, 0.1) is 0 Å². The minimum absolute atomic E-state index is 0.0359. The molecular weight excluding hydrogens is 406 g/mol. The zero-order chi connectivity index (χ0) is 20.9. The topological polar surface area (TPSA) is 87.7 Å². The second-order valence-electron chi connectivity index (χ2n) is 7.55. The van der Waals surface area contributed by atoms with Crippen LogP contribution in [-0.4, -0.2) is 59.6 Å². The highest BCUT2D eigenvalue weighted by molar-refractivity contribution is 6.28. The number of nitrogens with zero attached hydrogens (tertiary/aromatic N) is 4. The molecule has 9 heteroatoms. The number of carbonyl (C=O) groups is 2. The number of carbonyl (C=O) groups excluding carboxylic acids is 2. The molecule has 0 atom stereocenters. The molecule has 2 fully saturated rings. The van der Waals surface area contributed by atoms with E-state index in [1.165, 1.54) is 0 Å². The lowest BCUT2D eigenvalue weighted by atomic mass is 10.2. The standard InChI is InChI=1S/C21H24ClN5O3/c22-20-24-17(19(28)23-13-15-6-7-15)12-18(25-20)26-8-10-27(11-9-26)21(29)30-14-16-4-2-1-3-5-16/h1-5,12,15H,6-11,13-14H2,(H,23,28). The number of rotatable bonds is 6. The Morgan fingerprint density at radius 2 is 1.83 bits per heavy atom. The van der Waals surface area contributed by atoms with Gasteiger partial charge in [-0.2, -0.15) is 0 Å². The van der Waals surface area contributed by atoms with E-state index in [9.17, 15) is 9.59 Å². The SMILES string of the molecule is O=C(NCC1CC1)c1cc(N2CCN(C(=O)OCc3ccccc3)CC2)nc(Cl)n1. The summed E-state index contributed by atoms with van der Waals surface area (Å²) in [5.74, 6) is 0.930. The fraction of sp³-hybridized carbons (Fsp3) is 0.429. The van der Waals surface area contributed by atoms with Crippen LogP contribution in [0.5, 0.6) is 0 Å². The summed E-state index contributed by atoms with van der Waals surface area (Å²) < 4.78 is 5.40. The fourth-order valence-electron chi connectivity index (χ4n) is 3.26. The number of anilines is 1. The van der Waals surface area contributed by atoms with Gasteiger partial charge in [-0.3, -0.25) is 4.79 Å². The third-order valence-corrected chi connectivity index (χ3v) is 5.40. The summed E-state index contributed by atoms with van der Waals surface area (Å²) in [4.78, 5) is 36.7. The Morgan fingerprint density at radius 1 is 1.10 bits per heavy atom. The van der Waals surface area contributed by atoms with Crippen molar-refractivity contribution in [3.05, 3.63) is 52.9 Å². The first-order chi connectivity index (χ1) is 14.6. The first kappa shape index (κ1) is 20.4. The van der Waals surface area contributed by atoms with E-state index in [2.05, 4.69) is 15.3 Å². The van der Waals surface area contributed by atoms with Crippen molar-refractivity contribution in [3.8, 4) is 0 Å². The molecule has 1 aliphatic carbocycles. The molecule has 2 amide bonds. The number of hydrogen-bond donors (Lipinski definition) is 1. The lowest BCUT2D eigenvalue weighted by molar-refractivity contribution is 0.0939. The molecule has 158 valence electrons. The number of nitrogens with one attached hydrogen (secondary N) is 1. The maximum absolute atomic E-state index is 12.3. The number of benzene rings is 1. The van der Waals surface area contributed by atoms with E-state index in [1.807, 2.05) is 35.2 Å². The molecule has 1 N–H and O–H groups in total. The van der Waals surface area contributed by atoms with Crippen LogP contribution in [0, 0.1) is 5.92 Å². The number of piperazine rings is 1. The van der Waals surface area contributed by atoms with Crippen LogP contribution in [0.1, 0.15) is 28.9 Å². The van der Waals surface area contributed by atoms with Gasteiger partial charge in [-0.05, 0) is 35.9 Å². The summed E-state index contributed by atoms with van der Waals surface area (Å²) in [6, 6.07) is 11.2. The molecule has 1 saturated carbocycles. The van der Waals surface area contributed by atoms with Crippen LogP contribution in [0.3, 0.4) is 0 Å². The maximum Gasteiger partial charge on any atom is 0.410 e. The first-order valence-corrected chi connectivity index (χ1v) is 10.5. The van der Waals surface area contributed by atoms with Crippen molar-refractivity contribution in [3.63, 3.8) is 0 Å². The molecule has 1 aromatic heterocycles. The Hall–Kier alpha value is -2.87. The second kappa shape index (κ2) is 9.30. The molecule has 30 heavy (non-hydrogen) atoms. The quantitative estimate of drug-likeness (QED) is 0.710. The van der Waals surface area contributed by atoms with Crippen molar-refractivity contribution in [2.75, 3.05) is 37.6 Å². The molecule has 0 unspecified atom stereocenters. The maximum atomic E-state index is 12.3. The van der Waals surface area contributed by atoms with Crippen LogP contribution in [0.15, 0.2) is 36.4 Å². The van der Waals surface area contributed by atoms with E-state index in [-0.39, 0.29) is 29.6 Å². The minimum atomic E-state index is -0.334. The Bertz CT molecular complexity index is 899. The minimum Gasteiger partial charge on any atom is -0.445 e. The van der Waals surface area contributed by atoms with Gasteiger partial charge in [0, 0.05) is 38.8 Å². The molecule has 1 aliphatic heterocycles. The van der Waals surface area contributed by atoms with E-state index >= 15 is 0 Å². The normalized spacial score (nSPS) is 16.3. The summed E-state index contributed by atoms with van der Waals surface area (Å²) in [5, 5.41) is 2.93. The summed E-state index contributed by atoms with van der Waals surface area (Å²) >= 11 is 6.05. The lowest BCUT2D eigenvalue weighted by Gasteiger charge is -2.34. The number of amides is 2. The predicted octanol–water partition coefficient (Wildman–Crippen LogP) is 2.73. The van der Waals surface area contributed by atoms with Crippen molar-refractivity contribution < 1.29 is 14.3 Å². The highest BCUT2D eigenvalue weighted by Crippen LogP contribution is 2.27. The van der Waals surface area contributed by atoms with Gasteiger partial charge in [0.1, 0.15) is 18.1 Å². The highest BCUT2D eigenvalue weighted by Gasteiger charge is 2.25. The van der Waals surface area contributed by atoms with Crippen molar-refractivity contribution in [2.24, 2.45) is 5.92 Å². The monoisotopic (exact) mass is 429 g/mol. The van der Waals surface area contributed by atoms with Crippen LogP contribution in [0.25, 0.3) is 0 Å². The van der Waals surface area contributed by atoms with Gasteiger partial charge in [-0.15, -0.1) is 0 Å². The van der Waals surface area contributed by atoms with Crippen LogP contribution in [-0.2, 0) is 11.3 Å². The predicted molar refractivity (Wildman–Crippen MR) is 113 cm³/mol. The van der Waals surface area contributed by atoms with Gasteiger partial charge in [0.2, 0.25) is 5.28 Å². The van der Waals surface area contributed by atoms with Gasteiger partial charge in [0.15, 0.2) is 0 Å². The first-order valence-electron chi connectivity index (χ1n) is 10.1. The highest BCUT2D eigenvalue weighted by atomic mass is 35.5. The fourth-order valence-corrected chi connectivity index (χ4v) is 3.44. The molecule has 1 aromatic carbocycles. The molecular formula is C21H24ClN5O3. The number of hydrogen-bond acceptors (Lipinski definition) is 6. The zero-order valence-electron chi connectivity index (χ0n) is 16.6. The molecule has 1 saturated heterocycles. The van der Waals surface area contributed by atoms with E-state index in [0.29, 0.717) is 44.5 Å². The van der Waals surface area contributed by atoms with Gasteiger partial charge >= 0.3 is 6.09 Å². The number of ether oxygens (including phenoxy) is 1. The molecule has 2 heterocycles. The molecule has 2 aliphatic rings. The van der Waals surface area contributed by atoms with Crippen molar-refractivity contribution in [1.82, 2.24) is 20.2 Å². The van der Waals surface area contributed by atoms with Crippen molar-refractivity contribution in [2.45, 2.75) is 19.4 Å². The summed E-state index contributed by atoms with van der Waals surface area (Å²) in [5.41, 5.74) is 1.21. The molecule has 0 radical (unpaired) electrons. The third-order valence-electron chi connectivity index (χ3n) is 5.23. The van der Waals surface area contributed by atoms with Crippen molar-refractivity contribution >= 4 is 29.4 Å². The van der Waals surface area contributed by atoms with Crippen molar-refractivity contribution in [1.29, 1.82) is 0 Å². The van der Waals surface area contributed by atoms with E-state index in [0.717, 1.165) is 18.4 Å². The smallest absolute Gasteiger partial charge is 0.410 e.